The molecule has 2 rings (SSSR count). The van der Waals surface area contributed by atoms with Gasteiger partial charge in [0.05, 0.1) is 12.8 Å². The molecule has 0 aliphatic carbocycles. The molecule has 26 heavy (non-hydrogen) atoms. The maximum atomic E-state index is 11.7. The van der Waals surface area contributed by atoms with Crippen LogP contribution in [-0.2, 0) is 6.42 Å². The number of ether oxygens (including phenoxy) is 1. The molecule has 0 aliphatic heterocycles. The lowest BCUT2D eigenvalue weighted by molar-refractivity contribution is 0.0693. The molecule has 0 spiro atoms. The quantitative estimate of drug-likeness (QED) is 0.680. The first-order chi connectivity index (χ1) is 12.3. The fourth-order valence-electron chi connectivity index (χ4n) is 2.45. The van der Waals surface area contributed by atoms with Crippen LogP contribution in [-0.4, -0.2) is 33.4 Å². The zero-order chi connectivity index (χ0) is 19.3. The summed E-state index contributed by atoms with van der Waals surface area (Å²) in [7, 11) is 1.46. The maximum absolute atomic E-state index is 11.7. The molecule has 136 valence electrons. The van der Waals surface area contributed by atoms with Crippen molar-refractivity contribution < 1.29 is 24.9 Å². The molecule has 6 heteroatoms. The monoisotopic (exact) mass is 355 g/mol. The summed E-state index contributed by atoms with van der Waals surface area (Å²) in [6, 6.07) is 4.45. The second-order valence-electron chi connectivity index (χ2n) is 5.93. The van der Waals surface area contributed by atoms with Crippen LogP contribution in [0.1, 0.15) is 41.0 Å². The molecular formula is C20H21NO5. The predicted molar refractivity (Wildman–Crippen MR) is 99.6 cm³/mol. The lowest BCUT2D eigenvalue weighted by Gasteiger charge is -2.14. The van der Waals surface area contributed by atoms with Crippen LogP contribution >= 0.6 is 0 Å². The minimum absolute atomic E-state index is 0.0515. The number of benzene rings is 1. The Morgan fingerprint density at radius 2 is 1.96 bits per heavy atom. The van der Waals surface area contributed by atoms with Crippen molar-refractivity contribution in [3.05, 3.63) is 58.4 Å². The zero-order valence-corrected chi connectivity index (χ0v) is 14.9. The minimum Gasteiger partial charge on any atom is -0.508 e. The van der Waals surface area contributed by atoms with Gasteiger partial charge >= 0.3 is 5.97 Å². The molecule has 1 aromatic carbocycles. The summed E-state index contributed by atoms with van der Waals surface area (Å²) in [5.74, 6) is -1.12. The van der Waals surface area contributed by atoms with Crippen molar-refractivity contribution in [3.63, 3.8) is 0 Å². The number of pyridine rings is 1. The Morgan fingerprint density at radius 1 is 1.23 bits per heavy atom. The van der Waals surface area contributed by atoms with Crippen molar-refractivity contribution >= 4 is 18.1 Å². The standard InChI is InChI=1S/C20H21NO5/c1-12(2)4-7-16-17(26-3)10-13(18(19(16)23)20(24)25)5-6-14-11-15(22)8-9-21-14/h4-6,8-11,23H,7H2,1-3H3,(H,21,22)(H,24,25)/b6-5+. The van der Waals surface area contributed by atoms with Crippen LogP contribution in [0.25, 0.3) is 12.2 Å². The summed E-state index contributed by atoms with van der Waals surface area (Å²) in [4.78, 5) is 15.8. The number of hydrogen-bond acceptors (Lipinski definition) is 5. The molecule has 1 aromatic heterocycles. The fraction of sp³-hybridized carbons (Fsp3) is 0.200. The van der Waals surface area contributed by atoms with Gasteiger partial charge in [-0.3, -0.25) is 4.98 Å². The van der Waals surface area contributed by atoms with Gasteiger partial charge in [0.2, 0.25) is 0 Å². The van der Waals surface area contributed by atoms with Crippen LogP contribution in [0.15, 0.2) is 36.0 Å². The van der Waals surface area contributed by atoms with Gasteiger partial charge in [0.1, 0.15) is 22.8 Å². The molecule has 0 saturated heterocycles. The topological polar surface area (TPSA) is 99.9 Å². The van der Waals surface area contributed by atoms with Crippen LogP contribution in [0.3, 0.4) is 0 Å². The first-order valence-corrected chi connectivity index (χ1v) is 7.96. The molecular weight excluding hydrogens is 334 g/mol. The highest BCUT2D eigenvalue weighted by molar-refractivity contribution is 5.97. The van der Waals surface area contributed by atoms with Crippen LogP contribution in [0.2, 0.25) is 0 Å². The van der Waals surface area contributed by atoms with Gasteiger partial charge in [-0.2, -0.15) is 0 Å². The van der Waals surface area contributed by atoms with Crippen molar-refractivity contribution in [1.29, 1.82) is 0 Å². The van der Waals surface area contributed by atoms with Crippen molar-refractivity contribution in [1.82, 2.24) is 4.98 Å². The van der Waals surface area contributed by atoms with Crippen molar-refractivity contribution in [2.75, 3.05) is 7.11 Å². The molecule has 2 aromatic rings. The highest BCUT2D eigenvalue weighted by atomic mass is 16.5. The van der Waals surface area contributed by atoms with Crippen LogP contribution in [0.4, 0.5) is 0 Å². The van der Waals surface area contributed by atoms with E-state index in [9.17, 15) is 20.1 Å². The first-order valence-electron chi connectivity index (χ1n) is 7.96. The number of hydrogen-bond donors (Lipinski definition) is 3. The van der Waals surface area contributed by atoms with Gasteiger partial charge in [-0.15, -0.1) is 0 Å². The van der Waals surface area contributed by atoms with Gasteiger partial charge in [-0.1, -0.05) is 17.7 Å². The molecule has 0 amide bonds. The van der Waals surface area contributed by atoms with Gasteiger partial charge < -0.3 is 20.1 Å². The molecule has 0 saturated carbocycles. The smallest absolute Gasteiger partial charge is 0.340 e. The molecule has 0 atom stereocenters. The van der Waals surface area contributed by atoms with Gasteiger partial charge in [0.25, 0.3) is 0 Å². The number of aromatic nitrogens is 1. The van der Waals surface area contributed by atoms with Crippen molar-refractivity contribution in [2.24, 2.45) is 0 Å². The van der Waals surface area contributed by atoms with Gasteiger partial charge in [0, 0.05) is 17.8 Å². The van der Waals surface area contributed by atoms with E-state index in [0.717, 1.165) is 5.57 Å². The zero-order valence-electron chi connectivity index (χ0n) is 14.9. The van der Waals surface area contributed by atoms with E-state index >= 15 is 0 Å². The Labute approximate surface area is 151 Å². The second-order valence-corrected chi connectivity index (χ2v) is 5.93. The van der Waals surface area contributed by atoms with Crippen LogP contribution < -0.4 is 4.74 Å². The number of phenols is 1. The van der Waals surface area contributed by atoms with Crippen molar-refractivity contribution in [2.45, 2.75) is 20.3 Å². The Morgan fingerprint density at radius 3 is 2.54 bits per heavy atom. The highest BCUT2D eigenvalue weighted by Gasteiger charge is 2.21. The van der Waals surface area contributed by atoms with Gasteiger partial charge in [-0.25, -0.2) is 4.79 Å². The molecule has 0 radical (unpaired) electrons. The molecule has 0 aliphatic rings. The minimum atomic E-state index is -1.24. The fourth-order valence-corrected chi connectivity index (χ4v) is 2.45. The molecule has 6 nitrogen and oxygen atoms in total. The number of aromatic hydroxyl groups is 2. The highest BCUT2D eigenvalue weighted by Crippen LogP contribution is 2.36. The van der Waals surface area contributed by atoms with Gasteiger partial charge in [0.15, 0.2) is 0 Å². The van der Waals surface area contributed by atoms with E-state index in [0.29, 0.717) is 23.4 Å². The van der Waals surface area contributed by atoms with E-state index in [1.807, 2.05) is 19.9 Å². The van der Waals surface area contributed by atoms with E-state index in [4.69, 9.17) is 4.74 Å². The summed E-state index contributed by atoms with van der Waals surface area (Å²) in [5.41, 5.74) is 1.98. The SMILES string of the molecule is COc1cc(/C=C/c2cc(O)ccn2)c(C(=O)O)c(O)c1CC=C(C)C. The molecule has 1 heterocycles. The Bertz CT molecular complexity index is 880. The number of aromatic carboxylic acids is 1. The van der Waals surface area contributed by atoms with Crippen LogP contribution in [0, 0.1) is 0 Å². The number of carboxylic acids is 1. The summed E-state index contributed by atoms with van der Waals surface area (Å²) in [5, 5.41) is 29.6. The lowest BCUT2D eigenvalue weighted by atomic mass is 9.97. The average molecular weight is 355 g/mol. The number of allylic oxidation sites excluding steroid dienone is 2. The third kappa shape index (κ3) is 4.42. The first kappa shape index (κ1) is 19.1. The second kappa shape index (κ2) is 8.20. The molecule has 0 unspecified atom stereocenters. The number of nitrogens with zero attached hydrogens (tertiary/aromatic N) is 1. The number of methoxy groups -OCH3 is 1. The summed E-state index contributed by atoms with van der Waals surface area (Å²) in [6.45, 7) is 3.84. The Balaban J connectivity index is 2.56. The van der Waals surface area contributed by atoms with Crippen molar-refractivity contribution in [3.8, 4) is 17.2 Å². The molecule has 3 N–H and O–H groups in total. The van der Waals surface area contributed by atoms with E-state index in [1.165, 1.54) is 31.5 Å². The number of carbonyl (C=O) groups is 1. The summed E-state index contributed by atoms with van der Waals surface area (Å²) < 4.78 is 5.33. The largest absolute Gasteiger partial charge is 0.508 e. The normalized spacial score (nSPS) is 10.7. The van der Waals surface area contributed by atoms with Gasteiger partial charge in [-0.05, 0) is 44.0 Å². The number of rotatable bonds is 6. The average Bonchev–Trinajstić information content (AvgIpc) is 2.57. The third-order valence-electron chi connectivity index (χ3n) is 3.74. The lowest BCUT2D eigenvalue weighted by Crippen LogP contribution is -2.04. The summed E-state index contributed by atoms with van der Waals surface area (Å²) in [6.07, 6.45) is 6.74. The third-order valence-corrected chi connectivity index (χ3v) is 3.74. The van der Waals surface area contributed by atoms with E-state index in [-0.39, 0.29) is 22.6 Å². The molecule has 0 fully saturated rings. The van der Waals surface area contributed by atoms with E-state index in [1.54, 1.807) is 12.1 Å². The van der Waals surface area contributed by atoms with E-state index < -0.39 is 5.97 Å². The van der Waals surface area contributed by atoms with Crippen LogP contribution in [0.5, 0.6) is 17.2 Å². The predicted octanol–water partition coefficient (Wildman–Crippen LogP) is 3.88. The molecule has 0 bridgehead atoms. The Hall–Kier alpha value is -3.28. The van der Waals surface area contributed by atoms with E-state index in [2.05, 4.69) is 4.98 Å². The Kier molecular flexibility index (Phi) is 6.01. The summed E-state index contributed by atoms with van der Waals surface area (Å²) >= 11 is 0. The number of carboxylic acid groups (broad SMARTS) is 1. The maximum Gasteiger partial charge on any atom is 0.340 e.